The van der Waals surface area contributed by atoms with Gasteiger partial charge in [-0.3, -0.25) is 4.90 Å². The summed E-state index contributed by atoms with van der Waals surface area (Å²) >= 11 is 0. The first-order valence-corrected chi connectivity index (χ1v) is 9.73. The van der Waals surface area contributed by atoms with Gasteiger partial charge >= 0.3 is 0 Å². The van der Waals surface area contributed by atoms with Crippen molar-refractivity contribution in [3.8, 4) is 11.5 Å². The molecule has 0 aromatic heterocycles. The molecule has 8 heteroatoms. The van der Waals surface area contributed by atoms with E-state index in [9.17, 15) is 5.11 Å². The molecule has 0 aliphatic carbocycles. The highest BCUT2D eigenvalue weighted by molar-refractivity contribution is 5.79. The van der Waals surface area contributed by atoms with Crippen LogP contribution in [0.5, 0.6) is 11.5 Å². The number of rotatable bonds is 9. The zero-order chi connectivity index (χ0) is 20.4. The fourth-order valence-electron chi connectivity index (χ4n) is 3.06. The van der Waals surface area contributed by atoms with Crippen LogP contribution in [0.2, 0.25) is 0 Å². The number of aliphatic hydroxyl groups is 1. The van der Waals surface area contributed by atoms with E-state index in [4.69, 9.17) is 14.2 Å². The number of aliphatic imine (C=N–C) groups is 1. The second kappa shape index (κ2) is 11.1. The predicted octanol–water partition coefficient (Wildman–Crippen LogP) is 0.842. The normalized spacial score (nSPS) is 17.7. The highest BCUT2D eigenvalue weighted by Crippen LogP contribution is 2.25. The topological polar surface area (TPSA) is 87.6 Å². The van der Waals surface area contributed by atoms with Gasteiger partial charge in [0.05, 0.1) is 39.6 Å². The summed E-state index contributed by atoms with van der Waals surface area (Å²) in [6, 6.07) is 5.68. The molecule has 8 nitrogen and oxygen atoms in total. The molecule has 28 heavy (non-hydrogen) atoms. The summed E-state index contributed by atoms with van der Waals surface area (Å²) in [6.07, 6.45) is 0. The molecule has 1 heterocycles. The van der Waals surface area contributed by atoms with Gasteiger partial charge in [0.15, 0.2) is 5.96 Å². The van der Waals surface area contributed by atoms with Crippen LogP contribution in [0.15, 0.2) is 23.2 Å². The number of guanidine groups is 1. The summed E-state index contributed by atoms with van der Waals surface area (Å²) in [5.74, 6) is 2.13. The molecular formula is C20H34N4O4. The van der Waals surface area contributed by atoms with Gasteiger partial charge in [-0.1, -0.05) is 0 Å². The maximum Gasteiger partial charge on any atom is 0.191 e. The van der Waals surface area contributed by atoms with Crippen LogP contribution in [0.25, 0.3) is 0 Å². The minimum atomic E-state index is -0.870. The minimum Gasteiger partial charge on any atom is -0.497 e. The lowest BCUT2D eigenvalue weighted by Crippen LogP contribution is -2.52. The molecule has 3 N–H and O–H groups in total. The summed E-state index contributed by atoms with van der Waals surface area (Å²) in [7, 11) is 3.26. The van der Waals surface area contributed by atoms with Crippen molar-refractivity contribution in [2.75, 3.05) is 60.2 Å². The van der Waals surface area contributed by atoms with Crippen molar-refractivity contribution in [2.45, 2.75) is 26.0 Å². The summed E-state index contributed by atoms with van der Waals surface area (Å²) < 4.78 is 16.0. The van der Waals surface area contributed by atoms with E-state index in [0.717, 1.165) is 49.9 Å². The second-order valence-corrected chi connectivity index (χ2v) is 7.11. The van der Waals surface area contributed by atoms with Gasteiger partial charge in [0.2, 0.25) is 0 Å². The van der Waals surface area contributed by atoms with Gasteiger partial charge in [-0.25, -0.2) is 4.99 Å². The number of benzene rings is 1. The maximum absolute atomic E-state index is 10.7. The molecular weight excluding hydrogens is 360 g/mol. The van der Waals surface area contributed by atoms with E-state index in [2.05, 4.69) is 20.5 Å². The van der Waals surface area contributed by atoms with E-state index in [1.165, 1.54) is 0 Å². The fraction of sp³-hybridized carbons (Fsp3) is 0.650. The van der Waals surface area contributed by atoms with Crippen LogP contribution in [-0.4, -0.2) is 81.7 Å². The average Bonchev–Trinajstić information content (AvgIpc) is 2.70. The van der Waals surface area contributed by atoms with Crippen molar-refractivity contribution in [2.24, 2.45) is 4.99 Å². The van der Waals surface area contributed by atoms with E-state index in [-0.39, 0.29) is 0 Å². The largest absolute Gasteiger partial charge is 0.497 e. The van der Waals surface area contributed by atoms with Crippen LogP contribution in [0.3, 0.4) is 0 Å². The van der Waals surface area contributed by atoms with Gasteiger partial charge < -0.3 is 30.0 Å². The molecule has 0 saturated carbocycles. The first-order valence-electron chi connectivity index (χ1n) is 9.73. The molecule has 0 spiro atoms. The average molecular weight is 395 g/mol. The summed E-state index contributed by atoms with van der Waals surface area (Å²) in [5.41, 5.74) is 0.0892. The Balaban J connectivity index is 1.96. The molecule has 0 radical (unpaired) electrons. The molecule has 1 aliphatic rings. The summed E-state index contributed by atoms with van der Waals surface area (Å²) in [5, 5.41) is 17.2. The smallest absolute Gasteiger partial charge is 0.191 e. The SMILES string of the molecule is CCNC(=NCc1ccc(OC)cc1OC)NCC(C)(O)CN1CCOCC1. The zero-order valence-corrected chi connectivity index (χ0v) is 17.5. The van der Waals surface area contributed by atoms with Crippen molar-refractivity contribution >= 4 is 5.96 Å². The molecule has 1 atom stereocenters. The van der Waals surface area contributed by atoms with Crippen molar-refractivity contribution < 1.29 is 19.3 Å². The van der Waals surface area contributed by atoms with Crippen molar-refractivity contribution in [3.63, 3.8) is 0 Å². The van der Waals surface area contributed by atoms with E-state index in [1.54, 1.807) is 14.2 Å². The van der Waals surface area contributed by atoms with Gasteiger partial charge in [-0.15, -0.1) is 0 Å². The molecule has 1 aromatic carbocycles. The number of hydrogen-bond donors (Lipinski definition) is 3. The Morgan fingerprint density at radius 3 is 2.64 bits per heavy atom. The Morgan fingerprint density at radius 2 is 2.00 bits per heavy atom. The van der Waals surface area contributed by atoms with Crippen LogP contribution < -0.4 is 20.1 Å². The molecule has 1 aliphatic heterocycles. The lowest BCUT2D eigenvalue weighted by Gasteiger charge is -2.34. The Labute approximate surface area is 167 Å². The molecule has 1 fully saturated rings. The third kappa shape index (κ3) is 7.18. The number of nitrogens with one attached hydrogen (secondary N) is 2. The Hall–Kier alpha value is -2.03. The Bertz CT molecular complexity index is 631. The lowest BCUT2D eigenvalue weighted by atomic mass is 10.1. The maximum atomic E-state index is 10.7. The molecule has 2 rings (SSSR count). The number of nitrogens with zero attached hydrogens (tertiary/aromatic N) is 2. The van der Waals surface area contributed by atoms with Gasteiger partial charge in [0.25, 0.3) is 0 Å². The first-order chi connectivity index (χ1) is 13.5. The monoisotopic (exact) mass is 394 g/mol. The minimum absolute atomic E-state index is 0.399. The van der Waals surface area contributed by atoms with E-state index in [0.29, 0.717) is 25.6 Å². The summed E-state index contributed by atoms with van der Waals surface area (Å²) in [6.45, 7) is 9.16. The Kier molecular flexibility index (Phi) is 8.82. The van der Waals surface area contributed by atoms with E-state index >= 15 is 0 Å². The lowest BCUT2D eigenvalue weighted by molar-refractivity contribution is -0.0201. The van der Waals surface area contributed by atoms with Crippen LogP contribution >= 0.6 is 0 Å². The van der Waals surface area contributed by atoms with Crippen LogP contribution in [0.1, 0.15) is 19.4 Å². The zero-order valence-electron chi connectivity index (χ0n) is 17.5. The fourth-order valence-corrected chi connectivity index (χ4v) is 3.06. The molecule has 0 amide bonds. The van der Waals surface area contributed by atoms with Crippen molar-refractivity contribution in [1.29, 1.82) is 0 Å². The number of hydrogen-bond acceptors (Lipinski definition) is 6. The van der Waals surface area contributed by atoms with Crippen LogP contribution in [0.4, 0.5) is 0 Å². The number of β-amino-alcohol motifs (C(OH)–C–C–N with tert-alkyl or cyclic N) is 1. The van der Waals surface area contributed by atoms with E-state index in [1.807, 2.05) is 32.0 Å². The highest BCUT2D eigenvalue weighted by Gasteiger charge is 2.25. The molecule has 1 saturated heterocycles. The molecule has 158 valence electrons. The summed E-state index contributed by atoms with van der Waals surface area (Å²) in [4.78, 5) is 6.85. The third-order valence-electron chi connectivity index (χ3n) is 4.55. The molecule has 0 bridgehead atoms. The van der Waals surface area contributed by atoms with Gasteiger partial charge in [0.1, 0.15) is 11.5 Å². The van der Waals surface area contributed by atoms with Crippen LogP contribution in [-0.2, 0) is 11.3 Å². The van der Waals surface area contributed by atoms with Crippen molar-refractivity contribution in [3.05, 3.63) is 23.8 Å². The second-order valence-electron chi connectivity index (χ2n) is 7.11. The molecule has 1 unspecified atom stereocenters. The Morgan fingerprint density at radius 1 is 1.25 bits per heavy atom. The van der Waals surface area contributed by atoms with Gasteiger partial charge in [0, 0.05) is 44.4 Å². The quantitative estimate of drug-likeness (QED) is 0.423. The third-order valence-corrected chi connectivity index (χ3v) is 4.55. The van der Waals surface area contributed by atoms with Gasteiger partial charge in [-0.05, 0) is 26.0 Å². The van der Waals surface area contributed by atoms with Gasteiger partial charge in [-0.2, -0.15) is 0 Å². The molecule has 1 aromatic rings. The number of morpholine rings is 1. The van der Waals surface area contributed by atoms with Crippen molar-refractivity contribution in [1.82, 2.24) is 15.5 Å². The highest BCUT2D eigenvalue weighted by atomic mass is 16.5. The number of ether oxygens (including phenoxy) is 3. The van der Waals surface area contributed by atoms with Crippen LogP contribution in [0, 0.1) is 0 Å². The number of methoxy groups -OCH3 is 2. The predicted molar refractivity (Wildman–Crippen MR) is 110 cm³/mol. The first kappa shape index (κ1) is 22.3. The van der Waals surface area contributed by atoms with E-state index < -0.39 is 5.60 Å². The standard InChI is InChI=1S/C20H34N4O4/c1-5-21-19(22-13-16-6-7-17(26-3)12-18(16)27-4)23-14-20(2,25)15-24-8-10-28-11-9-24/h6-7,12,25H,5,8-11,13-15H2,1-4H3,(H2,21,22,23).